The summed E-state index contributed by atoms with van der Waals surface area (Å²) in [6.45, 7) is 5.75. The Morgan fingerprint density at radius 3 is 2.72 bits per heavy atom. The van der Waals surface area contributed by atoms with E-state index in [1.165, 1.54) is 29.5 Å². The van der Waals surface area contributed by atoms with Crippen molar-refractivity contribution in [3.05, 3.63) is 74.6 Å². The lowest BCUT2D eigenvalue weighted by Crippen LogP contribution is -2.19. The van der Waals surface area contributed by atoms with E-state index in [0.29, 0.717) is 30.1 Å². The molecule has 0 saturated heterocycles. The minimum Gasteiger partial charge on any atom is -0.380 e. The zero-order valence-corrected chi connectivity index (χ0v) is 17.0. The molecule has 0 aliphatic carbocycles. The SMILES string of the molecule is CCOCCn1c(=NC(=O)C=Cc2ccc([N+](=O)[O-])cc2)sc2cccc(C)c21. The van der Waals surface area contributed by atoms with Crippen molar-refractivity contribution in [2.75, 3.05) is 13.2 Å². The van der Waals surface area contributed by atoms with Gasteiger partial charge in [0, 0.05) is 31.4 Å². The van der Waals surface area contributed by atoms with E-state index >= 15 is 0 Å². The third kappa shape index (κ3) is 5.04. The van der Waals surface area contributed by atoms with Gasteiger partial charge >= 0.3 is 0 Å². The third-order valence-corrected chi connectivity index (χ3v) is 5.34. The zero-order chi connectivity index (χ0) is 20.8. The van der Waals surface area contributed by atoms with Gasteiger partial charge in [0.2, 0.25) is 0 Å². The second kappa shape index (κ2) is 9.40. The first-order valence-electron chi connectivity index (χ1n) is 9.17. The van der Waals surface area contributed by atoms with Crippen molar-refractivity contribution in [3.63, 3.8) is 0 Å². The van der Waals surface area contributed by atoms with Crippen LogP contribution in [0.4, 0.5) is 5.69 Å². The van der Waals surface area contributed by atoms with Crippen LogP contribution in [0, 0.1) is 17.0 Å². The van der Waals surface area contributed by atoms with Gasteiger partial charge in [-0.3, -0.25) is 14.9 Å². The second-order valence-electron chi connectivity index (χ2n) is 6.29. The molecule has 1 heterocycles. The Morgan fingerprint density at radius 2 is 2.03 bits per heavy atom. The second-order valence-corrected chi connectivity index (χ2v) is 7.30. The van der Waals surface area contributed by atoms with Crippen LogP contribution in [0.2, 0.25) is 0 Å². The highest BCUT2D eigenvalue weighted by Gasteiger charge is 2.09. The Kier molecular flexibility index (Phi) is 6.69. The standard InChI is InChI=1S/C21H21N3O4S/c1-3-28-14-13-23-20-15(2)5-4-6-18(20)29-21(23)22-19(25)12-9-16-7-10-17(11-8-16)24(26)27/h4-12H,3,13-14H2,1-2H3. The Labute approximate surface area is 171 Å². The first-order valence-corrected chi connectivity index (χ1v) is 9.99. The molecular weight excluding hydrogens is 390 g/mol. The molecule has 7 nitrogen and oxygen atoms in total. The summed E-state index contributed by atoms with van der Waals surface area (Å²) >= 11 is 1.46. The van der Waals surface area contributed by atoms with Crippen molar-refractivity contribution in [2.24, 2.45) is 4.99 Å². The van der Waals surface area contributed by atoms with Crippen LogP contribution in [0.5, 0.6) is 0 Å². The summed E-state index contributed by atoms with van der Waals surface area (Å²) in [6.07, 6.45) is 2.96. The number of aromatic nitrogens is 1. The van der Waals surface area contributed by atoms with Crippen molar-refractivity contribution < 1.29 is 14.5 Å². The summed E-state index contributed by atoms with van der Waals surface area (Å²) in [5, 5.41) is 10.7. The number of carbonyl (C=O) groups is 1. The van der Waals surface area contributed by atoms with E-state index in [9.17, 15) is 14.9 Å². The number of amides is 1. The first-order chi connectivity index (χ1) is 14.0. The van der Waals surface area contributed by atoms with Crippen LogP contribution >= 0.6 is 11.3 Å². The minimum absolute atomic E-state index is 0.00847. The number of benzene rings is 2. The number of non-ortho nitro benzene ring substituents is 1. The highest BCUT2D eigenvalue weighted by molar-refractivity contribution is 7.16. The summed E-state index contributed by atoms with van der Waals surface area (Å²) in [4.78, 5) is 27.5. The predicted molar refractivity (Wildman–Crippen MR) is 114 cm³/mol. The maximum absolute atomic E-state index is 12.4. The van der Waals surface area contributed by atoms with Crippen molar-refractivity contribution in [3.8, 4) is 0 Å². The van der Waals surface area contributed by atoms with Crippen LogP contribution in [0.25, 0.3) is 16.3 Å². The van der Waals surface area contributed by atoms with Gasteiger partial charge in [-0.25, -0.2) is 0 Å². The number of nitro groups is 1. The third-order valence-electron chi connectivity index (χ3n) is 4.29. The highest BCUT2D eigenvalue weighted by atomic mass is 32.1. The summed E-state index contributed by atoms with van der Waals surface area (Å²) in [7, 11) is 0. The maximum atomic E-state index is 12.4. The number of carbonyl (C=O) groups excluding carboxylic acids is 1. The van der Waals surface area contributed by atoms with Gasteiger partial charge in [-0.15, -0.1) is 0 Å². The van der Waals surface area contributed by atoms with E-state index in [1.54, 1.807) is 18.2 Å². The van der Waals surface area contributed by atoms with Crippen molar-refractivity contribution >= 4 is 39.2 Å². The summed E-state index contributed by atoms with van der Waals surface area (Å²) in [5.41, 5.74) is 2.87. The molecule has 0 bridgehead atoms. The molecular formula is C21H21N3O4S. The quantitative estimate of drug-likeness (QED) is 0.253. The predicted octanol–water partition coefficient (Wildman–Crippen LogP) is 4.10. The molecule has 0 unspecified atom stereocenters. The first kappa shape index (κ1) is 20.6. The fraction of sp³-hybridized carbons (Fsp3) is 0.238. The monoisotopic (exact) mass is 411 g/mol. The number of fused-ring (bicyclic) bond motifs is 1. The van der Waals surface area contributed by atoms with Crippen LogP contribution < -0.4 is 4.80 Å². The largest absolute Gasteiger partial charge is 0.380 e. The molecule has 0 spiro atoms. The van der Waals surface area contributed by atoms with Gasteiger partial charge in [0.25, 0.3) is 11.6 Å². The Balaban J connectivity index is 1.89. The number of nitro benzene ring substituents is 1. The maximum Gasteiger partial charge on any atom is 0.272 e. The topological polar surface area (TPSA) is 86.7 Å². The van der Waals surface area contributed by atoms with E-state index in [0.717, 1.165) is 15.8 Å². The molecule has 150 valence electrons. The summed E-state index contributed by atoms with van der Waals surface area (Å²) in [5.74, 6) is -0.391. The van der Waals surface area contributed by atoms with Gasteiger partial charge in [-0.1, -0.05) is 23.5 Å². The van der Waals surface area contributed by atoms with Crippen LogP contribution in [-0.2, 0) is 16.1 Å². The van der Waals surface area contributed by atoms with Crippen LogP contribution in [0.1, 0.15) is 18.1 Å². The van der Waals surface area contributed by atoms with Crippen LogP contribution in [0.3, 0.4) is 0 Å². The van der Waals surface area contributed by atoms with E-state index < -0.39 is 10.8 Å². The van der Waals surface area contributed by atoms with Crippen molar-refractivity contribution in [2.45, 2.75) is 20.4 Å². The lowest BCUT2D eigenvalue weighted by molar-refractivity contribution is -0.384. The average Bonchev–Trinajstić information content (AvgIpc) is 3.05. The molecule has 0 aliphatic rings. The number of rotatable bonds is 7. The number of hydrogen-bond acceptors (Lipinski definition) is 5. The number of para-hydroxylation sites is 1. The molecule has 8 heteroatoms. The number of hydrogen-bond donors (Lipinski definition) is 0. The molecule has 2 aromatic carbocycles. The normalized spacial score (nSPS) is 12.1. The van der Waals surface area contributed by atoms with Crippen molar-refractivity contribution in [1.82, 2.24) is 4.57 Å². The molecule has 0 saturated carbocycles. The highest BCUT2D eigenvalue weighted by Crippen LogP contribution is 2.21. The Hall–Kier alpha value is -3.10. The lowest BCUT2D eigenvalue weighted by atomic mass is 10.2. The molecule has 0 radical (unpaired) electrons. The zero-order valence-electron chi connectivity index (χ0n) is 16.2. The Bertz CT molecular complexity index is 1130. The molecule has 0 atom stereocenters. The number of ether oxygens (including phenoxy) is 1. The molecule has 1 aromatic heterocycles. The number of aryl methyl sites for hydroxylation is 1. The molecule has 0 fully saturated rings. The van der Waals surface area contributed by atoms with Gasteiger partial charge in [0.15, 0.2) is 4.80 Å². The van der Waals surface area contributed by atoms with E-state index in [4.69, 9.17) is 4.74 Å². The van der Waals surface area contributed by atoms with Gasteiger partial charge in [0.1, 0.15) is 0 Å². The van der Waals surface area contributed by atoms with E-state index in [-0.39, 0.29) is 5.69 Å². The Morgan fingerprint density at radius 1 is 1.28 bits per heavy atom. The smallest absolute Gasteiger partial charge is 0.272 e. The van der Waals surface area contributed by atoms with Gasteiger partial charge in [0.05, 0.1) is 21.7 Å². The van der Waals surface area contributed by atoms with Crippen LogP contribution in [-0.4, -0.2) is 28.6 Å². The van der Waals surface area contributed by atoms with E-state index in [1.807, 2.05) is 36.6 Å². The minimum atomic E-state index is -0.460. The summed E-state index contributed by atoms with van der Waals surface area (Å²) in [6, 6.07) is 12.0. The van der Waals surface area contributed by atoms with Gasteiger partial charge in [-0.05, 0) is 49.2 Å². The molecule has 29 heavy (non-hydrogen) atoms. The molecule has 3 aromatic rings. The molecule has 0 aliphatic heterocycles. The molecule has 0 N–H and O–H groups in total. The molecule has 1 amide bonds. The molecule has 3 rings (SSSR count). The fourth-order valence-electron chi connectivity index (χ4n) is 2.91. The van der Waals surface area contributed by atoms with Gasteiger partial charge < -0.3 is 9.30 Å². The lowest BCUT2D eigenvalue weighted by Gasteiger charge is -2.07. The number of nitrogens with zero attached hydrogens (tertiary/aromatic N) is 3. The summed E-state index contributed by atoms with van der Waals surface area (Å²) < 4.78 is 8.56. The van der Waals surface area contributed by atoms with E-state index in [2.05, 4.69) is 4.99 Å². The van der Waals surface area contributed by atoms with Gasteiger partial charge in [-0.2, -0.15) is 4.99 Å². The fourth-order valence-corrected chi connectivity index (χ4v) is 4.05. The van der Waals surface area contributed by atoms with Crippen LogP contribution in [0.15, 0.2) is 53.5 Å². The number of thiazole rings is 1. The van der Waals surface area contributed by atoms with Crippen molar-refractivity contribution in [1.29, 1.82) is 0 Å². The average molecular weight is 411 g/mol.